The summed E-state index contributed by atoms with van der Waals surface area (Å²) < 4.78 is 5.16. The summed E-state index contributed by atoms with van der Waals surface area (Å²) in [6, 6.07) is -0.315. The predicted molar refractivity (Wildman–Crippen MR) is 56.5 cm³/mol. The zero-order chi connectivity index (χ0) is 11.6. The van der Waals surface area contributed by atoms with Gasteiger partial charge < -0.3 is 14.7 Å². The van der Waals surface area contributed by atoms with E-state index in [0.717, 1.165) is 0 Å². The van der Waals surface area contributed by atoms with Gasteiger partial charge in [-0.3, -0.25) is 9.69 Å². The molecule has 1 aliphatic rings. The van der Waals surface area contributed by atoms with Gasteiger partial charge in [0.25, 0.3) is 0 Å². The molecule has 1 aliphatic heterocycles. The molecular weight excluding hydrogens is 196 g/mol. The molecule has 0 aromatic heterocycles. The molecule has 5 nitrogen and oxygen atoms in total. The molecule has 1 unspecified atom stereocenters. The fraction of sp³-hybridized carbons (Fsp3) is 0.900. The summed E-state index contributed by atoms with van der Waals surface area (Å²) in [5.41, 5.74) is 0. The highest BCUT2D eigenvalue weighted by Gasteiger charge is 2.34. The van der Waals surface area contributed by atoms with E-state index in [9.17, 15) is 9.90 Å². The Balaban J connectivity index is 2.59. The fourth-order valence-electron chi connectivity index (χ4n) is 1.76. The van der Waals surface area contributed by atoms with Crippen LogP contribution in [-0.4, -0.2) is 73.4 Å². The zero-order valence-electron chi connectivity index (χ0n) is 9.80. The van der Waals surface area contributed by atoms with Crippen molar-refractivity contribution < 1.29 is 14.6 Å². The third kappa shape index (κ3) is 2.68. The third-order valence-electron chi connectivity index (χ3n) is 2.95. The molecule has 0 bridgehead atoms. The van der Waals surface area contributed by atoms with E-state index >= 15 is 0 Å². The zero-order valence-corrected chi connectivity index (χ0v) is 9.80. The van der Waals surface area contributed by atoms with Crippen LogP contribution in [0.4, 0.5) is 0 Å². The Bertz CT molecular complexity index is 233. The van der Waals surface area contributed by atoms with E-state index in [-0.39, 0.29) is 18.0 Å². The van der Waals surface area contributed by atoms with Gasteiger partial charge in [0.15, 0.2) is 0 Å². The first-order chi connectivity index (χ1) is 6.95. The van der Waals surface area contributed by atoms with Crippen molar-refractivity contribution in [3.8, 4) is 0 Å². The Kier molecular flexibility index (Phi) is 4.07. The van der Waals surface area contributed by atoms with E-state index in [2.05, 4.69) is 0 Å². The maximum Gasteiger partial charge on any atom is 0.239 e. The summed E-state index contributed by atoms with van der Waals surface area (Å²) >= 11 is 0. The molecule has 1 fully saturated rings. The molecule has 0 spiro atoms. The van der Waals surface area contributed by atoms with Crippen molar-refractivity contribution in [2.75, 3.05) is 34.4 Å². The number of aliphatic hydroxyl groups excluding tert-OH is 1. The Morgan fingerprint density at radius 2 is 2.00 bits per heavy atom. The lowest BCUT2D eigenvalue weighted by Crippen LogP contribution is -2.51. The molecular formula is C10H20N2O3. The van der Waals surface area contributed by atoms with Gasteiger partial charge in [0.1, 0.15) is 0 Å². The van der Waals surface area contributed by atoms with Crippen molar-refractivity contribution in [1.29, 1.82) is 0 Å². The van der Waals surface area contributed by atoms with E-state index in [1.807, 2.05) is 18.9 Å². The van der Waals surface area contributed by atoms with Gasteiger partial charge in [0.2, 0.25) is 5.91 Å². The molecule has 88 valence electrons. The minimum Gasteiger partial charge on any atom is -0.389 e. The average molecular weight is 216 g/mol. The minimum atomic E-state index is -0.493. The molecule has 15 heavy (non-hydrogen) atoms. The summed E-state index contributed by atoms with van der Waals surface area (Å²) in [5, 5.41) is 9.64. The Labute approximate surface area is 90.6 Å². The van der Waals surface area contributed by atoms with E-state index in [0.29, 0.717) is 13.2 Å². The van der Waals surface area contributed by atoms with Gasteiger partial charge in [0, 0.05) is 14.1 Å². The van der Waals surface area contributed by atoms with Gasteiger partial charge in [-0.2, -0.15) is 0 Å². The van der Waals surface area contributed by atoms with Crippen molar-refractivity contribution in [2.45, 2.75) is 25.1 Å². The van der Waals surface area contributed by atoms with Crippen LogP contribution >= 0.6 is 0 Å². The van der Waals surface area contributed by atoms with Crippen LogP contribution in [0.25, 0.3) is 0 Å². The second-order valence-corrected chi connectivity index (χ2v) is 4.25. The lowest BCUT2D eigenvalue weighted by molar-refractivity contribution is -0.134. The second-order valence-electron chi connectivity index (χ2n) is 4.25. The van der Waals surface area contributed by atoms with Crippen LogP contribution in [0.15, 0.2) is 0 Å². The van der Waals surface area contributed by atoms with E-state index in [1.165, 1.54) is 0 Å². The smallest absolute Gasteiger partial charge is 0.239 e. The molecule has 1 amide bonds. The number of likely N-dealkylation sites (N-methyl/N-ethyl adjacent to an activating group) is 2. The highest BCUT2D eigenvalue weighted by atomic mass is 16.5. The van der Waals surface area contributed by atoms with Crippen molar-refractivity contribution >= 4 is 5.91 Å². The van der Waals surface area contributed by atoms with E-state index in [1.54, 1.807) is 19.0 Å². The molecule has 0 radical (unpaired) electrons. The number of carbonyl (C=O) groups is 1. The molecule has 0 saturated carbocycles. The van der Waals surface area contributed by atoms with Crippen molar-refractivity contribution in [1.82, 2.24) is 9.80 Å². The standard InChI is InChI=1S/C10H20N2O3/c1-7(10(14)11(2)3)12(4)8-5-15-6-9(8)13/h7-9,13H,5-6H2,1-4H3/t7?,8-,9-/m1/s1. The van der Waals surface area contributed by atoms with E-state index in [4.69, 9.17) is 4.74 Å². The van der Waals surface area contributed by atoms with Gasteiger partial charge >= 0.3 is 0 Å². The van der Waals surface area contributed by atoms with Gasteiger partial charge in [-0.1, -0.05) is 0 Å². The fourth-order valence-corrected chi connectivity index (χ4v) is 1.76. The van der Waals surface area contributed by atoms with E-state index < -0.39 is 6.10 Å². The van der Waals surface area contributed by atoms with Crippen LogP contribution in [0.3, 0.4) is 0 Å². The first-order valence-corrected chi connectivity index (χ1v) is 5.14. The van der Waals surface area contributed by atoms with Crippen LogP contribution in [0.5, 0.6) is 0 Å². The van der Waals surface area contributed by atoms with Crippen LogP contribution in [0.1, 0.15) is 6.92 Å². The number of ether oxygens (including phenoxy) is 1. The van der Waals surface area contributed by atoms with Gasteiger partial charge in [-0.25, -0.2) is 0 Å². The third-order valence-corrected chi connectivity index (χ3v) is 2.95. The number of nitrogens with zero attached hydrogens (tertiary/aromatic N) is 2. The molecule has 0 aliphatic carbocycles. The Morgan fingerprint density at radius 3 is 2.40 bits per heavy atom. The van der Waals surface area contributed by atoms with Gasteiger partial charge in [-0.15, -0.1) is 0 Å². The van der Waals surface area contributed by atoms with Gasteiger partial charge in [0.05, 0.1) is 31.4 Å². The quantitative estimate of drug-likeness (QED) is 0.668. The van der Waals surface area contributed by atoms with Crippen molar-refractivity contribution in [3.05, 3.63) is 0 Å². The van der Waals surface area contributed by atoms with Gasteiger partial charge in [-0.05, 0) is 14.0 Å². The number of rotatable bonds is 3. The van der Waals surface area contributed by atoms with Crippen molar-refractivity contribution in [2.24, 2.45) is 0 Å². The normalized spacial score (nSPS) is 28.1. The van der Waals surface area contributed by atoms with Crippen LogP contribution in [0, 0.1) is 0 Å². The first-order valence-electron chi connectivity index (χ1n) is 5.14. The molecule has 1 N–H and O–H groups in total. The highest BCUT2D eigenvalue weighted by Crippen LogP contribution is 2.14. The Morgan fingerprint density at radius 1 is 1.40 bits per heavy atom. The molecule has 1 saturated heterocycles. The summed E-state index contributed by atoms with van der Waals surface area (Å²) in [6.07, 6.45) is -0.493. The summed E-state index contributed by atoms with van der Waals surface area (Å²) in [4.78, 5) is 15.1. The molecule has 0 aromatic rings. The molecule has 3 atom stereocenters. The molecule has 5 heteroatoms. The molecule has 1 rings (SSSR count). The Hall–Kier alpha value is -0.650. The predicted octanol–water partition coefficient (Wildman–Crippen LogP) is -0.845. The minimum absolute atomic E-state index is 0.0385. The second kappa shape index (κ2) is 4.92. The topological polar surface area (TPSA) is 53.0 Å². The largest absolute Gasteiger partial charge is 0.389 e. The maximum absolute atomic E-state index is 11.7. The van der Waals surface area contributed by atoms with Crippen LogP contribution in [-0.2, 0) is 9.53 Å². The molecule has 0 aromatic carbocycles. The van der Waals surface area contributed by atoms with Crippen LogP contribution in [0.2, 0.25) is 0 Å². The molecule has 1 heterocycles. The number of amides is 1. The highest BCUT2D eigenvalue weighted by molar-refractivity contribution is 5.80. The SMILES string of the molecule is CC(C(=O)N(C)C)N(C)[C@@H]1COC[C@H]1O. The number of hydrogen-bond donors (Lipinski definition) is 1. The summed E-state index contributed by atoms with van der Waals surface area (Å²) in [7, 11) is 5.30. The average Bonchev–Trinajstić information content (AvgIpc) is 2.60. The van der Waals surface area contributed by atoms with Crippen molar-refractivity contribution in [3.63, 3.8) is 0 Å². The summed E-state index contributed by atoms with van der Waals surface area (Å²) in [6.45, 7) is 2.69. The summed E-state index contributed by atoms with van der Waals surface area (Å²) in [5.74, 6) is 0.0385. The monoisotopic (exact) mass is 216 g/mol. The lowest BCUT2D eigenvalue weighted by atomic mass is 10.1. The lowest BCUT2D eigenvalue weighted by Gasteiger charge is -2.31. The first kappa shape index (κ1) is 12.4. The van der Waals surface area contributed by atoms with Crippen LogP contribution < -0.4 is 0 Å². The number of aliphatic hydroxyl groups is 1. The maximum atomic E-state index is 11.7. The number of hydrogen-bond acceptors (Lipinski definition) is 4. The number of carbonyl (C=O) groups excluding carboxylic acids is 1.